The van der Waals surface area contributed by atoms with E-state index in [0.29, 0.717) is 0 Å². The van der Waals surface area contributed by atoms with Gasteiger partial charge in [0.1, 0.15) is 113 Å². The maximum Gasteiger partial charge on any atom is 0.159 e. The Morgan fingerprint density at radius 1 is 0.250 bits per heavy atom. The molecule has 28 nitrogen and oxygen atoms in total. The molecule has 0 fully saturated rings. The van der Waals surface area contributed by atoms with Crippen LogP contribution in [0.25, 0.3) is 93.2 Å². The quantitative estimate of drug-likeness (QED) is 0.136. The lowest BCUT2D eigenvalue weighted by Crippen LogP contribution is -2.03. The molecule has 0 N–H and O–H groups in total. The molecule has 120 heavy (non-hydrogen) atoms. The Bertz CT molecular complexity index is 6250. The largest absolute Gasteiger partial charge is 0.465 e. The summed E-state index contributed by atoms with van der Waals surface area (Å²) in [5, 5.41) is 4.25. The van der Waals surface area contributed by atoms with Crippen LogP contribution in [0.5, 0.6) is 0 Å². The van der Waals surface area contributed by atoms with E-state index in [4.69, 9.17) is 8.83 Å². The van der Waals surface area contributed by atoms with Gasteiger partial charge in [0.2, 0.25) is 0 Å². The van der Waals surface area contributed by atoms with Gasteiger partial charge in [-0.2, -0.15) is 0 Å². The fourth-order valence-corrected chi connectivity index (χ4v) is 16.3. The van der Waals surface area contributed by atoms with Crippen LogP contribution >= 0.6 is 22.7 Å². The van der Waals surface area contributed by atoms with Gasteiger partial charge in [0.05, 0.1) is 12.5 Å². The van der Waals surface area contributed by atoms with Crippen molar-refractivity contribution in [3.8, 4) is 0 Å². The predicted octanol–water partition coefficient (Wildman–Crippen LogP) is 15.3. The minimum atomic E-state index is 0.728. The summed E-state index contributed by atoms with van der Waals surface area (Å²) in [6, 6.07) is 29.5. The SMILES string of the molecule is C1=C(c2ncncn2)CCc2ccccc21.C1=C(c2ncncn2)CCc2ccoc21.C1=C(c2ncncn2)CCc2ccsc21.C1=C(c2ncncn2)Cc2ccccc21.C1=C(c2ncncn2)Cc2ccoc21.C1=C(c2ncncn2)Cc2ccsc21.Cn1ccc2c1C=C(c1ncncn1)C2.Cn1ccc2c1C=C(c1ncncn1)CC2. The van der Waals surface area contributed by atoms with E-state index in [-0.39, 0.29) is 0 Å². The fourth-order valence-electron chi connectivity index (χ4n) is 14.5. The summed E-state index contributed by atoms with van der Waals surface area (Å²) in [7, 11) is 4.11. The molecular weight excluding hydrogens is 1540 g/mol. The zero-order valence-corrected chi connectivity index (χ0v) is 66.8. The third-order valence-corrected chi connectivity index (χ3v) is 22.4. The van der Waals surface area contributed by atoms with Gasteiger partial charge < -0.3 is 18.0 Å². The first-order chi connectivity index (χ1) is 59.3. The maximum absolute atomic E-state index is 5.36. The van der Waals surface area contributed by atoms with Gasteiger partial charge in [-0.25, -0.2) is 120 Å². The molecule has 0 saturated carbocycles. The molecule has 588 valence electrons. The first kappa shape index (κ1) is 77.5. The molecule has 2 aromatic carbocycles. The summed E-state index contributed by atoms with van der Waals surface area (Å²) in [5.74, 6) is 8.07. The number of fused-ring (bicyclic) bond motifs is 8. The van der Waals surface area contributed by atoms with Crippen molar-refractivity contribution in [2.45, 2.75) is 77.0 Å². The molecule has 30 heteroatoms. The minimum absolute atomic E-state index is 0.728. The highest BCUT2D eigenvalue weighted by atomic mass is 32.1. The van der Waals surface area contributed by atoms with Crippen LogP contribution in [-0.2, 0) is 65.5 Å². The smallest absolute Gasteiger partial charge is 0.159 e. The summed E-state index contributed by atoms with van der Waals surface area (Å²) >= 11 is 3.54. The standard InChI is InChI=1S/C13H11N3.C12H12N4.C12H9N3.C11H10N4.C11H9N3O.C11H9N3S.C10H7N3O.C10H7N3S/c1-2-4-11-7-12(6-5-10(11)3-1)13-15-8-14-9-16-13;1-16-5-4-9-2-3-10(6-11(9)16)12-14-7-13-8-15-12;1-2-4-10-6-11(5-9(10)3-1)12-14-7-13-8-15-12;1-15-3-2-8-4-9(5-10(8)15)11-13-6-12-7-14-11;2*1-2-9(11-13-6-12-7-14-11)5-10-8(1)3-4-15-10;2*1-2-14-9-4-8(3-7(1)9)10-12-5-11-6-13-10/h1-4,7-9H,5-6H2;4-8H,2-3H2,1H3;1-5,7-8H,6H2;2-3,5-7H,4H2,1H3;2*3-7H,1-2H2;2*1-2,4-6H,3H2. The van der Waals surface area contributed by atoms with E-state index in [1.807, 2.05) is 37.4 Å². The third kappa shape index (κ3) is 19.1. The van der Waals surface area contributed by atoms with Crippen LogP contribution in [-0.4, -0.2) is 129 Å². The van der Waals surface area contributed by atoms with Crippen molar-refractivity contribution in [3.05, 3.63) is 357 Å². The van der Waals surface area contributed by atoms with Crippen LogP contribution in [0.1, 0.15) is 161 Å². The Balaban J connectivity index is 0.0000000979. The van der Waals surface area contributed by atoms with Crippen molar-refractivity contribution in [1.82, 2.24) is 129 Å². The molecule has 0 amide bonds. The number of thiophene rings is 2. The predicted molar refractivity (Wildman–Crippen MR) is 459 cm³/mol. The van der Waals surface area contributed by atoms with Crippen molar-refractivity contribution >= 4 is 116 Å². The van der Waals surface area contributed by atoms with Gasteiger partial charge in [0, 0.05) is 107 Å². The summed E-state index contributed by atoms with van der Waals surface area (Å²) in [6.45, 7) is 0. The molecule has 0 aliphatic heterocycles. The lowest BCUT2D eigenvalue weighted by molar-refractivity contribution is 0.551. The first-order valence-corrected chi connectivity index (χ1v) is 40.4. The van der Waals surface area contributed by atoms with Crippen molar-refractivity contribution in [3.63, 3.8) is 0 Å². The average molecular weight is 1620 g/mol. The number of allylic oxidation sites excluding steroid dienone is 8. The zero-order chi connectivity index (χ0) is 81.0. The van der Waals surface area contributed by atoms with Gasteiger partial charge in [0.15, 0.2) is 46.6 Å². The van der Waals surface area contributed by atoms with E-state index < -0.39 is 0 Å². The second-order valence-corrected chi connectivity index (χ2v) is 30.0. The fraction of sp³-hybridized carbons (Fsp3) is 0.156. The van der Waals surface area contributed by atoms with Crippen LogP contribution in [0.4, 0.5) is 0 Å². The van der Waals surface area contributed by atoms with Crippen molar-refractivity contribution in [2.75, 3.05) is 0 Å². The number of hydrogen-bond acceptors (Lipinski definition) is 28. The molecule has 0 radical (unpaired) electrons. The lowest BCUT2D eigenvalue weighted by atomic mass is 9.92. The third-order valence-electron chi connectivity index (χ3n) is 20.6. The van der Waals surface area contributed by atoms with E-state index in [2.05, 4.69) is 262 Å². The number of aromatic nitrogens is 26. The average Bonchev–Trinajstić information content (AvgIpc) is 1.63. The van der Waals surface area contributed by atoms with Gasteiger partial charge in [-0.3, -0.25) is 0 Å². The molecule has 0 bridgehead atoms. The van der Waals surface area contributed by atoms with Crippen LogP contribution in [0.15, 0.2) is 231 Å². The van der Waals surface area contributed by atoms with Gasteiger partial charge >= 0.3 is 0 Å². The van der Waals surface area contributed by atoms with Crippen molar-refractivity contribution in [2.24, 2.45) is 14.1 Å². The molecule has 24 rings (SSSR count). The van der Waals surface area contributed by atoms with E-state index in [0.717, 1.165) is 146 Å². The molecule has 0 spiro atoms. The molecule has 8 aliphatic rings. The summed E-state index contributed by atoms with van der Waals surface area (Å²) in [5.41, 5.74) is 25.2. The van der Waals surface area contributed by atoms with E-state index >= 15 is 0 Å². The topological polar surface area (TPSA) is 345 Å². The Labute approximate surface area is 697 Å². The molecule has 16 aromatic rings. The van der Waals surface area contributed by atoms with Crippen LogP contribution in [0.3, 0.4) is 0 Å². The molecular formula is C90H74N26O2S2. The van der Waals surface area contributed by atoms with Crippen molar-refractivity contribution < 1.29 is 8.83 Å². The van der Waals surface area contributed by atoms with Crippen LogP contribution < -0.4 is 0 Å². The minimum Gasteiger partial charge on any atom is -0.465 e. The van der Waals surface area contributed by atoms with Gasteiger partial charge in [-0.15, -0.1) is 22.7 Å². The normalized spacial score (nSPS) is 14.1. The number of aryl methyl sites for hydroxylation is 6. The molecule has 0 unspecified atom stereocenters. The summed E-state index contributed by atoms with van der Waals surface area (Å²) < 4.78 is 14.9. The Morgan fingerprint density at radius 3 is 1.05 bits per heavy atom. The van der Waals surface area contributed by atoms with Crippen LogP contribution in [0.2, 0.25) is 0 Å². The van der Waals surface area contributed by atoms with E-state index in [9.17, 15) is 0 Å². The number of nitrogens with zero attached hydrogens (tertiary/aromatic N) is 26. The second-order valence-electron chi connectivity index (χ2n) is 28.1. The number of furan rings is 2. The van der Waals surface area contributed by atoms with Gasteiger partial charge in [-0.05, 0) is 214 Å². The summed E-state index contributed by atoms with van der Waals surface area (Å²) in [4.78, 5) is 99.6. The molecule has 14 heterocycles. The second kappa shape index (κ2) is 37.7. The number of rotatable bonds is 8. The Hall–Kier alpha value is -15.0. The number of hydrogen-bond donors (Lipinski definition) is 0. The van der Waals surface area contributed by atoms with Gasteiger partial charge in [0.25, 0.3) is 0 Å². The molecule has 0 saturated heterocycles. The highest BCUT2D eigenvalue weighted by Gasteiger charge is 2.24. The van der Waals surface area contributed by atoms with E-state index in [1.54, 1.807) is 73.2 Å². The lowest BCUT2D eigenvalue weighted by Gasteiger charge is -2.14. The molecule has 0 atom stereocenters. The highest BCUT2D eigenvalue weighted by molar-refractivity contribution is 7.11. The van der Waals surface area contributed by atoms with Gasteiger partial charge in [-0.1, -0.05) is 48.5 Å². The Kier molecular flexibility index (Phi) is 24.4. The zero-order valence-electron chi connectivity index (χ0n) is 65.1. The summed E-state index contributed by atoms with van der Waals surface area (Å²) in [6.07, 6.45) is 60.9. The molecule has 8 aliphatic carbocycles. The maximum atomic E-state index is 5.36. The van der Waals surface area contributed by atoms with Crippen LogP contribution in [0, 0.1) is 0 Å². The van der Waals surface area contributed by atoms with Crippen molar-refractivity contribution in [1.29, 1.82) is 0 Å². The monoisotopic (exact) mass is 1610 g/mol. The van der Waals surface area contributed by atoms with E-state index in [1.165, 1.54) is 173 Å². The number of benzene rings is 2. The highest BCUT2D eigenvalue weighted by Crippen LogP contribution is 2.37. The first-order valence-electron chi connectivity index (χ1n) is 38.6. The molecule has 14 aromatic heterocycles. The Morgan fingerprint density at radius 2 is 0.558 bits per heavy atom.